The minimum atomic E-state index is -4.65. The average Bonchev–Trinajstić information content (AvgIpc) is 2.67. The molecule has 29 heavy (non-hydrogen) atoms. The largest absolute Gasteiger partial charge is 0.418 e. The second kappa shape index (κ2) is 7.69. The predicted octanol–water partition coefficient (Wildman–Crippen LogP) is 2.04. The van der Waals surface area contributed by atoms with E-state index >= 15 is 0 Å². The molecule has 7 nitrogen and oxygen atoms in total. The molecule has 0 bridgehead atoms. The lowest BCUT2D eigenvalue weighted by Gasteiger charge is -2.33. The van der Waals surface area contributed by atoms with Crippen LogP contribution in [0.1, 0.15) is 41.0 Å². The maximum absolute atomic E-state index is 13.4. The second-order valence-corrected chi connectivity index (χ2v) is 6.84. The first-order chi connectivity index (χ1) is 13.6. The fourth-order valence-electron chi connectivity index (χ4n) is 3.44. The summed E-state index contributed by atoms with van der Waals surface area (Å²) in [6.45, 7) is 1.63. The molecule has 1 saturated heterocycles. The van der Waals surface area contributed by atoms with Crippen molar-refractivity contribution in [3.8, 4) is 5.69 Å². The van der Waals surface area contributed by atoms with E-state index in [1.807, 2.05) is 0 Å². The molecule has 0 aliphatic carbocycles. The van der Waals surface area contributed by atoms with Gasteiger partial charge in [-0.1, -0.05) is 12.1 Å². The molecular weight excluding hydrogens is 389 g/mol. The number of aromatic nitrogens is 2. The molecule has 154 valence electrons. The van der Waals surface area contributed by atoms with E-state index in [0.29, 0.717) is 19.3 Å². The van der Waals surface area contributed by atoms with Gasteiger partial charge in [0.25, 0.3) is 5.91 Å². The van der Waals surface area contributed by atoms with E-state index in [1.54, 1.807) is 0 Å². The summed E-state index contributed by atoms with van der Waals surface area (Å²) in [7, 11) is 0. The molecule has 1 atom stereocenters. The molecule has 1 aliphatic rings. The van der Waals surface area contributed by atoms with E-state index in [-0.39, 0.29) is 17.9 Å². The van der Waals surface area contributed by atoms with Crippen LogP contribution in [0.4, 0.5) is 13.2 Å². The molecule has 1 aromatic carbocycles. The summed E-state index contributed by atoms with van der Waals surface area (Å²) in [5.74, 6) is -1.52. The number of primary amides is 1. The molecule has 0 radical (unpaired) electrons. The van der Waals surface area contributed by atoms with Crippen LogP contribution >= 0.6 is 0 Å². The summed E-state index contributed by atoms with van der Waals surface area (Å²) in [4.78, 5) is 38.2. The third-order valence-corrected chi connectivity index (χ3v) is 4.84. The SMILES string of the molecule is Cc1cc(=O)c(C(=O)N2CCCCC2C(N)=O)nn1-c1ccccc1C(F)(F)F. The number of carbonyl (C=O) groups excluding carboxylic acids is 2. The number of hydrogen-bond donors (Lipinski definition) is 1. The normalized spacial score (nSPS) is 17.2. The standard InChI is InChI=1S/C19H19F3N4O3/c1-11-10-15(27)16(18(29)25-9-5-4-8-14(25)17(23)28)24-26(11)13-7-3-2-6-12(13)19(20,21)22/h2-3,6-7,10,14H,4-5,8-9H2,1H3,(H2,23,28). The lowest BCUT2D eigenvalue weighted by molar-refractivity contribution is -0.137. The van der Waals surface area contributed by atoms with Gasteiger partial charge in [-0.2, -0.15) is 18.3 Å². The zero-order valence-electron chi connectivity index (χ0n) is 15.6. The summed E-state index contributed by atoms with van der Waals surface area (Å²) in [5, 5.41) is 3.95. The van der Waals surface area contributed by atoms with Gasteiger partial charge in [0.2, 0.25) is 11.3 Å². The summed E-state index contributed by atoms with van der Waals surface area (Å²) in [6.07, 6.45) is -2.98. The highest BCUT2D eigenvalue weighted by molar-refractivity contribution is 5.95. The Kier molecular flexibility index (Phi) is 5.45. The van der Waals surface area contributed by atoms with E-state index in [9.17, 15) is 27.6 Å². The topological polar surface area (TPSA) is 98.3 Å². The van der Waals surface area contributed by atoms with E-state index in [0.717, 1.165) is 16.8 Å². The van der Waals surface area contributed by atoms with Gasteiger partial charge in [0, 0.05) is 18.3 Å². The Labute approximate surface area is 163 Å². The molecule has 2 amide bonds. The summed E-state index contributed by atoms with van der Waals surface area (Å²) < 4.78 is 41.1. The van der Waals surface area contributed by atoms with Gasteiger partial charge >= 0.3 is 6.18 Å². The molecule has 0 saturated carbocycles. The lowest BCUT2D eigenvalue weighted by Crippen LogP contribution is -2.51. The number of carbonyl (C=O) groups is 2. The van der Waals surface area contributed by atoms with Crippen molar-refractivity contribution in [2.45, 2.75) is 38.4 Å². The fourth-order valence-corrected chi connectivity index (χ4v) is 3.44. The van der Waals surface area contributed by atoms with Crippen LogP contribution in [-0.2, 0) is 11.0 Å². The Bertz CT molecular complexity index is 1020. The molecule has 2 aromatic rings. The van der Waals surface area contributed by atoms with Crippen LogP contribution < -0.4 is 11.2 Å². The average molecular weight is 408 g/mol. The quantitative estimate of drug-likeness (QED) is 0.840. The molecule has 1 aliphatic heterocycles. The minimum absolute atomic E-state index is 0.133. The molecule has 1 unspecified atom stereocenters. The van der Waals surface area contributed by atoms with Crippen LogP contribution in [0.25, 0.3) is 5.69 Å². The molecule has 10 heteroatoms. The van der Waals surface area contributed by atoms with Gasteiger partial charge in [-0.05, 0) is 38.3 Å². The van der Waals surface area contributed by atoms with E-state index < -0.39 is 40.7 Å². The van der Waals surface area contributed by atoms with Crippen molar-refractivity contribution >= 4 is 11.8 Å². The monoisotopic (exact) mass is 408 g/mol. The van der Waals surface area contributed by atoms with Crippen molar-refractivity contribution in [2.24, 2.45) is 5.73 Å². The van der Waals surface area contributed by atoms with Crippen molar-refractivity contribution in [3.63, 3.8) is 0 Å². The molecular formula is C19H19F3N4O3. The number of aryl methyl sites for hydroxylation is 1. The molecule has 1 fully saturated rings. The number of benzene rings is 1. The highest BCUT2D eigenvalue weighted by atomic mass is 19.4. The van der Waals surface area contributed by atoms with Gasteiger partial charge in [0.1, 0.15) is 6.04 Å². The van der Waals surface area contributed by atoms with Gasteiger partial charge < -0.3 is 10.6 Å². The van der Waals surface area contributed by atoms with Crippen molar-refractivity contribution < 1.29 is 22.8 Å². The first-order valence-electron chi connectivity index (χ1n) is 8.99. The molecule has 3 rings (SSSR count). The Morgan fingerprint density at radius 3 is 2.55 bits per heavy atom. The summed E-state index contributed by atoms with van der Waals surface area (Å²) in [5.41, 5.74) is 2.94. The third kappa shape index (κ3) is 4.01. The zero-order chi connectivity index (χ0) is 21.3. The zero-order valence-corrected chi connectivity index (χ0v) is 15.6. The number of para-hydroxylation sites is 1. The van der Waals surface area contributed by atoms with Gasteiger partial charge in [0.15, 0.2) is 5.69 Å². The summed E-state index contributed by atoms with van der Waals surface area (Å²) >= 11 is 0. The van der Waals surface area contributed by atoms with Gasteiger partial charge in [-0.15, -0.1) is 0 Å². The number of halogens is 3. The van der Waals surface area contributed by atoms with Crippen LogP contribution in [0, 0.1) is 6.92 Å². The Morgan fingerprint density at radius 2 is 1.90 bits per heavy atom. The van der Waals surface area contributed by atoms with Crippen molar-refractivity contribution in [2.75, 3.05) is 6.54 Å². The number of alkyl halides is 3. The van der Waals surface area contributed by atoms with Crippen LogP contribution in [0.2, 0.25) is 0 Å². The first-order valence-corrected chi connectivity index (χ1v) is 8.99. The highest BCUT2D eigenvalue weighted by Crippen LogP contribution is 2.33. The molecule has 1 aromatic heterocycles. The third-order valence-electron chi connectivity index (χ3n) is 4.84. The number of hydrogen-bond acceptors (Lipinski definition) is 4. The van der Waals surface area contributed by atoms with Crippen LogP contribution in [0.3, 0.4) is 0 Å². The van der Waals surface area contributed by atoms with E-state index in [4.69, 9.17) is 5.73 Å². The first kappa shape index (κ1) is 20.6. The van der Waals surface area contributed by atoms with Gasteiger partial charge in [-0.3, -0.25) is 14.4 Å². The maximum atomic E-state index is 13.4. The van der Waals surface area contributed by atoms with Crippen molar-refractivity contribution in [3.05, 3.63) is 57.5 Å². The predicted molar refractivity (Wildman–Crippen MR) is 97.4 cm³/mol. The lowest BCUT2D eigenvalue weighted by atomic mass is 10.0. The second-order valence-electron chi connectivity index (χ2n) is 6.84. The molecule has 2 heterocycles. The van der Waals surface area contributed by atoms with Crippen molar-refractivity contribution in [1.82, 2.24) is 14.7 Å². The van der Waals surface area contributed by atoms with E-state index in [1.165, 1.54) is 30.0 Å². The number of piperidine rings is 1. The smallest absolute Gasteiger partial charge is 0.368 e. The number of nitrogens with two attached hydrogens (primary N) is 1. The number of rotatable bonds is 3. The molecule has 2 N–H and O–H groups in total. The number of nitrogens with zero attached hydrogens (tertiary/aromatic N) is 3. The van der Waals surface area contributed by atoms with Crippen LogP contribution in [0.15, 0.2) is 35.1 Å². The minimum Gasteiger partial charge on any atom is -0.368 e. The summed E-state index contributed by atoms with van der Waals surface area (Å²) in [6, 6.07) is 4.91. The number of likely N-dealkylation sites (tertiary alicyclic amines) is 1. The maximum Gasteiger partial charge on any atom is 0.418 e. The fraction of sp³-hybridized carbons (Fsp3) is 0.368. The van der Waals surface area contributed by atoms with Gasteiger partial charge in [0.05, 0.1) is 11.3 Å². The highest BCUT2D eigenvalue weighted by Gasteiger charge is 2.36. The van der Waals surface area contributed by atoms with E-state index in [2.05, 4.69) is 5.10 Å². The Hall–Kier alpha value is -3.17. The van der Waals surface area contributed by atoms with Crippen LogP contribution in [0.5, 0.6) is 0 Å². The molecule has 0 spiro atoms. The van der Waals surface area contributed by atoms with Crippen molar-refractivity contribution in [1.29, 1.82) is 0 Å². The Balaban J connectivity index is 2.11. The number of amides is 2. The van der Waals surface area contributed by atoms with Crippen LogP contribution in [-0.4, -0.2) is 39.1 Å². The van der Waals surface area contributed by atoms with Gasteiger partial charge in [-0.25, -0.2) is 4.68 Å². The Morgan fingerprint density at radius 1 is 1.21 bits per heavy atom.